The molecule has 1 saturated heterocycles. The third-order valence-corrected chi connectivity index (χ3v) is 6.66. The van der Waals surface area contributed by atoms with E-state index >= 15 is 0 Å². The van der Waals surface area contributed by atoms with Crippen molar-refractivity contribution in [2.45, 2.75) is 33.3 Å². The molecule has 0 aliphatic carbocycles. The molecule has 192 valence electrons. The molecule has 1 amide bonds. The average molecular weight is 493 g/mol. The number of hydrogen-bond acceptors (Lipinski definition) is 7. The van der Waals surface area contributed by atoms with Crippen molar-refractivity contribution in [2.75, 3.05) is 51.3 Å². The maximum Gasteiger partial charge on any atom is 0.251 e. The van der Waals surface area contributed by atoms with Gasteiger partial charge in [0.15, 0.2) is 11.5 Å². The van der Waals surface area contributed by atoms with Crippen molar-refractivity contribution in [1.82, 2.24) is 15.4 Å². The highest BCUT2D eigenvalue weighted by atomic mass is 16.5. The zero-order valence-corrected chi connectivity index (χ0v) is 21.5. The van der Waals surface area contributed by atoms with Crippen LogP contribution in [0.1, 0.15) is 40.2 Å². The number of carbonyl (C=O) groups is 1. The second kappa shape index (κ2) is 12.4. The van der Waals surface area contributed by atoms with Gasteiger partial charge in [-0.25, -0.2) is 0 Å². The Bertz CT molecular complexity index is 1100. The van der Waals surface area contributed by atoms with E-state index in [-0.39, 0.29) is 5.91 Å². The lowest BCUT2D eigenvalue weighted by atomic mass is 10.1. The first-order valence-corrected chi connectivity index (χ1v) is 12.6. The molecule has 3 aromatic rings. The molecule has 8 heteroatoms. The fourth-order valence-corrected chi connectivity index (χ4v) is 4.42. The van der Waals surface area contributed by atoms with Gasteiger partial charge >= 0.3 is 0 Å². The highest BCUT2D eigenvalue weighted by molar-refractivity contribution is 5.94. The minimum Gasteiger partial charge on any atom is -0.493 e. The van der Waals surface area contributed by atoms with Gasteiger partial charge in [0.2, 0.25) is 0 Å². The lowest BCUT2D eigenvalue weighted by Crippen LogP contribution is -2.46. The van der Waals surface area contributed by atoms with Crippen LogP contribution in [0.2, 0.25) is 0 Å². The van der Waals surface area contributed by atoms with Gasteiger partial charge in [-0.1, -0.05) is 23.4 Å². The van der Waals surface area contributed by atoms with E-state index in [2.05, 4.69) is 50.6 Å². The smallest absolute Gasteiger partial charge is 0.251 e. The van der Waals surface area contributed by atoms with Crippen LogP contribution in [0.4, 0.5) is 5.69 Å². The quantitative estimate of drug-likeness (QED) is 0.402. The van der Waals surface area contributed by atoms with Crippen molar-refractivity contribution >= 4 is 11.6 Å². The summed E-state index contributed by atoms with van der Waals surface area (Å²) in [6, 6.07) is 15.8. The molecule has 0 bridgehead atoms. The molecule has 2 heterocycles. The Hall–Kier alpha value is -3.52. The Labute approximate surface area is 213 Å². The number of amides is 1. The number of methoxy groups -OCH3 is 1. The van der Waals surface area contributed by atoms with Crippen LogP contribution < -0.4 is 19.7 Å². The van der Waals surface area contributed by atoms with Crippen molar-refractivity contribution in [1.29, 1.82) is 0 Å². The minimum absolute atomic E-state index is 0.109. The number of para-hydroxylation sites is 1. The molecular formula is C28H36N4O4. The second-order valence-corrected chi connectivity index (χ2v) is 9.08. The molecule has 4 rings (SSSR count). The molecule has 1 N–H and O–H groups in total. The van der Waals surface area contributed by atoms with Crippen LogP contribution in [0.15, 0.2) is 53.1 Å². The molecule has 0 spiro atoms. The topological polar surface area (TPSA) is 80.1 Å². The molecule has 0 saturated carbocycles. The number of anilines is 1. The monoisotopic (exact) mass is 492 g/mol. The lowest BCUT2D eigenvalue weighted by molar-refractivity contribution is 0.0952. The van der Waals surface area contributed by atoms with Crippen molar-refractivity contribution in [3.05, 3.63) is 71.1 Å². The van der Waals surface area contributed by atoms with E-state index in [9.17, 15) is 4.79 Å². The molecule has 1 aromatic heterocycles. The van der Waals surface area contributed by atoms with Crippen molar-refractivity contribution < 1.29 is 18.8 Å². The summed E-state index contributed by atoms with van der Waals surface area (Å²) in [5.74, 6) is 1.71. The summed E-state index contributed by atoms with van der Waals surface area (Å²) in [7, 11) is 1.57. The first kappa shape index (κ1) is 25.6. The number of unbranched alkanes of at least 4 members (excludes halogenated alkanes) is 1. The summed E-state index contributed by atoms with van der Waals surface area (Å²) in [5, 5.41) is 6.97. The number of aryl methyl sites for hydroxylation is 2. The summed E-state index contributed by atoms with van der Waals surface area (Å²) in [6.07, 6.45) is 2.00. The second-order valence-electron chi connectivity index (χ2n) is 9.08. The number of carbonyl (C=O) groups excluding carboxylic acids is 1. The van der Waals surface area contributed by atoms with Gasteiger partial charge < -0.3 is 24.2 Å². The van der Waals surface area contributed by atoms with Crippen LogP contribution in [0.5, 0.6) is 11.5 Å². The molecule has 8 nitrogen and oxygen atoms in total. The van der Waals surface area contributed by atoms with Gasteiger partial charge in [0.25, 0.3) is 5.91 Å². The third kappa shape index (κ3) is 6.57. The first-order valence-electron chi connectivity index (χ1n) is 12.6. The predicted molar refractivity (Wildman–Crippen MR) is 140 cm³/mol. The van der Waals surface area contributed by atoms with Crippen LogP contribution in [-0.4, -0.2) is 62.3 Å². The Morgan fingerprint density at radius 2 is 1.81 bits per heavy atom. The van der Waals surface area contributed by atoms with Gasteiger partial charge in [-0.15, -0.1) is 0 Å². The molecule has 1 aliphatic rings. The van der Waals surface area contributed by atoms with Gasteiger partial charge in [-0.05, 0) is 63.6 Å². The Balaban J connectivity index is 1.17. The summed E-state index contributed by atoms with van der Waals surface area (Å²) in [5.41, 5.74) is 3.57. The molecule has 1 fully saturated rings. The van der Waals surface area contributed by atoms with E-state index < -0.39 is 0 Å². The van der Waals surface area contributed by atoms with E-state index in [0.29, 0.717) is 30.2 Å². The normalized spacial score (nSPS) is 14.0. The van der Waals surface area contributed by atoms with Gasteiger partial charge in [-0.3, -0.25) is 9.69 Å². The van der Waals surface area contributed by atoms with E-state index in [1.807, 2.05) is 13.8 Å². The van der Waals surface area contributed by atoms with Gasteiger partial charge in [0.05, 0.1) is 18.4 Å². The number of piperazine rings is 1. The summed E-state index contributed by atoms with van der Waals surface area (Å²) < 4.78 is 16.5. The number of nitrogens with zero attached hydrogens (tertiary/aromatic N) is 3. The maximum atomic E-state index is 12.6. The molecule has 0 unspecified atom stereocenters. The van der Waals surface area contributed by atoms with Crippen LogP contribution in [-0.2, 0) is 6.61 Å². The van der Waals surface area contributed by atoms with Gasteiger partial charge in [-0.2, -0.15) is 0 Å². The average Bonchev–Trinajstić information content (AvgIpc) is 3.24. The van der Waals surface area contributed by atoms with Crippen molar-refractivity contribution in [3.63, 3.8) is 0 Å². The summed E-state index contributed by atoms with van der Waals surface area (Å²) >= 11 is 0. The van der Waals surface area contributed by atoms with Crippen LogP contribution in [0.3, 0.4) is 0 Å². The third-order valence-electron chi connectivity index (χ3n) is 6.66. The fraction of sp³-hybridized carbons (Fsp3) is 0.429. The Kier molecular flexibility index (Phi) is 8.84. The van der Waals surface area contributed by atoms with Crippen LogP contribution in [0, 0.1) is 13.8 Å². The Morgan fingerprint density at radius 3 is 2.50 bits per heavy atom. The van der Waals surface area contributed by atoms with Gasteiger partial charge in [0, 0.05) is 44.0 Å². The number of rotatable bonds is 11. The fourth-order valence-electron chi connectivity index (χ4n) is 4.42. The van der Waals surface area contributed by atoms with Gasteiger partial charge in [0.1, 0.15) is 12.4 Å². The lowest BCUT2D eigenvalue weighted by Gasteiger charge is -2.36. The van der Waals surface area contributed by atoms with E-state index in [1.54, 1.807) is 25.3 Å². The molecular weight excluding hydrogens is 456 g/mol. The molecule has 0 atom stereocenters. The van der Waals surface area contributed by atoms with Crippen LogP contribution in [0.25, 0.3) is 0 Å². The van der Waals surface area contributed by atoms with E-state index in [1.165, 1.54) is 5.69 Å². The van der Waals surface area contributed by atoms with Crippen LogP contribution >= 0.6 is 0 Å². The number of ether oxygens (including phenoxy) is 2. The summed E-state index contributed by atoms with van der Waals surface area (Å²) in [4.78, 5) is 17.6. The van der Waals surface area contributed by atoms with E-state index in [4.69, 9.17) is 14.0 Å². The van der Waals surface area contributed by atoms with E-state index in [0.717, 1.165) is 62.6 Å². The molecule has 36 heavy (non-hydrogen) atoms. The largest absolute Gasteiger partial charge is 0.493 e. The molecule has 1 aliphatic heterocycles. The predicted octanol–water partition coefficient (Wildman–Crippen LogP) is 4.21. The highest BCUT2D eigenvalue weighted by Crippen LogP contribution is 2.29. The first-order chi connectivity index (χ1) is 17.5. The number of benzene rings is 2. The highest BCUT2D eigenvalue weighted by Gasteiger charge is 2.17. The zero-order chi connectivity index (χ0) is 25.3. The molecule has 2 aromatic carbocycles. The Morgan fingerprint density at radius 1 is 1.03 bits per heavy atom. The standard InChI is InChI=1S/C28H36N4O4/c1-21-25(22(2)36-30-21)20-35-26-12-11-23(19-27(26)34-3)28(33)29-13-7-8-14-31-15-17-32(18-16-31)24-9-5-4-6-10-24/h4-6,9-12,19H,7-8,13-18,20H2,1-3H3,(H,29,33). The minimum atomic E-state index is -0.109. The number of nitrogens with one attached hydrogen (secondary N) is 1. The zero-order valence-electron chi connectivity index (χ0n) is 21.5. The van der Waals surface area contributed by atoms with Crippen molar-refractivity contribution in [2.24, 2.45) is 0 Å². The number of aromatic nitrogens is 1. The van der Waals surface area contributed by atoms with Crippen molar-refractivity contribution in [3.8, 4) is 11.5 Å². The SMILES string of the molecule is COc1cc(C(=O)NCCCCN2CCN(c3ccccc3)CC2)ccc1OCc1c(C)noc1C. The maximum absolute atomic E-state index is 12.6. The number of hydrogen-bond donors (Lipinski definition) is 1. The molecule has 0 radical (unpaired) electrons. The summed E-state index contributed by atoms with van der Waals surface area (Å²) in [6.45, 7) is 10.0.